The molecule has 0 bridgehead atoms. The quantitative estimate of drug-likeness (QED) is 0.243. The summed E-state index contributed by atoms with van der Waals surface area (Å²) in [5, 5.41) is 29.2. The molecule has 1 aliphatic rings. The summed E-state index contributed by atoms with van der Waals surface area (Å²) < 4.78 is 36.5. The summed E-state index contributed by atoms with van der Waals surface area (Å²) in [5.74, 6) is -1.08. The third kappa shape index (κ3) is 4.27. The Balaban J connectivity index is 1.70. The highest BCUT2D eigenvalue weighted by Crippen LogP contribution is 2.32. The Morgan fingerprint density at radius 1 is 1.34 bits per heavy atom. The predicted molar refractivity (Wildman–Crippen MR) is 93.7 cm³/mol. The Morgan fingerprint density at radius 2 is 2.07 bits per heavy atom. The number of carbonyl (C=O) groups is 1. The first-order valence-electron chi connectivity index (χ1n) is 8.16. The zero-order chi connectivity index (χ0) is 21.3. The van der Waals surface area contributed by atoms with Gasteiger partial charge in [0.1, 0.15) is 36.2 Å². The average Bonchev–Trinajstić information content (AvgIpc) is 3.22. The standard InChI is InChI=1S/C13H19N7O8S/c14-5(1-21)12(24)19-29(25,26)27-2-6-8(22)9(23)13(28-6)20-4-18-7-10(15)16-3-17-11(7)20/h3-6,8-9,13,21-23H,1-2,14H2,(H,19,24)(H2,15,16,17)/t5?,6-,8-,9-,13-/m1/s1. The molecule has 0 radical (unpaired) electrons. The second-order valence-electron chi connectivity index (χ2n) is 6.12. The summed E-state index contributed by atoms with van der Waals surface area (Å²) in [5.41, 5.74) is 11.4. The summed E-state index contributed by atoms with van der Waals surface area (Å²) in [4.78, 5) is 23.3. The molecule has 1 amide bonds. The van der Waals surface area contributed by atoms with E-state index in [9.17, 15) is 23.4 Å². The number of nitrogens with one attached hydrogen (secondary N) is 1. The minimum atomic E-state index is -4.60. The van der Waals surface area contributed by atoms with E-state index in [1.54, 1.807) is 0 Å². The lowest BCUT2D eigenvalue weighted by Gasteiger charge is -2.16. The van der Waals surface area contributed by atoms with Crippen molar-refractivity contribution in [3.8, 4) is 0 Å². The lowest BCUT2D eigenvalue weighted by Crippen LogP contribution is -2.46. The molecule has 0 aromatic carbocycles. The van der Waals surface area contributed by atoms with E-state index in [4.69, 9.17) is 21.3 Å². The van der Waals surface area contributed by atoms with Crippen LogP contribution >= 0.6 is 0 Å². The number of hydrogen-bond acceptors (Lipinski definition) is 13. The first-order valence-corrected chi connectivity index (χ1v) is 9.57. The molecule has 0 saturated carbocycles. The number of hydrogen-bond donors (Lipinski definition) is 6. The van der Waals surface area contributed by atoms with Crippen molar-refractivity contribution in [2.75, 3.05) is 18.9 Å². The lowest BCUT2D eigenvalue weighted by molar-refractivity contribution is -0.121. The van der Waals surface area contributed by atoms with Gasteiger partial charge in [-0.05, 0) is 0 Å². The van der Waals surface area contributed by atoms with Gasteiger partial charge in [0, 0.05) is 0 Å². The van der Waals surface area contributed by atoms with Gasteiger partial charge in [-0.1, -0.05) is 0 Å². The maximum absolute atomic E-state index is 11.8. The van der Waals surface area contributed by atoms with Crippen LogP contribution in [0.3, 0.4) is 0 Å². The van der Waals surface area contributed by atoms with Gasteiger partial charge in [0.2, 0.25) is 0 Å². The highest BCUT2D eigenvalue weighted by atomic mass is 32.2. The molecule has 3 rings (SSSR count). The van der Waals surface area contributed by atoms with Gasteiger partial charge in [0.05, 0.1) is 19.5 Å². The number of rotatable bonds is 7. The van der Waals surface area contributed by atoms with Gasteiger partial charge >= 0.3 is 10.3 Å². The van der Waals surface area contributed by atoms with Gasteiger partial charge in [-0.3, -0.25) is 13.5 Å². The average molecular weight is 433 g/mol. The number of carbonyl (C=O) groups excluding carboxylic acids is 1. The van der Waals surface area contributed by atoms with Gasteiger partial charge in [0.25, 0.3) is 5.91 Å². The number of amides is 1. The van der Waals surface area contributed by atoms with Crippen LogP contribution in [0.2, 0.25) is 0 Å². The minimum Gasteiger partial charge on any atom is -0.394 e. The Hall–Kier alpha value is -2.47. The summed E-state index contributed by atoms with van der Waals surface area (Å²) in [6.45, 7) is -1.50. The molecule has 160 valence electrons. The molecule has 0 spiro atoms. The molecule has 8 N–H and O–H groups in total. The monoisotopic (exact) mass is 433 g/mol. The van der Waals surface area contributed by atoms with Crippen molar-refractivity contribution in [3.05, 3.63) is 12.7 Å². The van der Waals surface area contributed by atoms with Crippen LogP contribution in [-0.2, 0) is 24.0 Å². The lowest BCUT2D eigenvalue weighted by atomic mass is 10.1. The number of fused-ring (bicyclic) bond motifs is 1. The highest BCUT2D eigenvalue weighted by molar-refractivity contribution is 7.85. The SMILES string of the molecule is Nc1ncnc2c1ncn2[C@@H]1O[C@H](COS(=O)(=O)NC(=O)C(N)CO)[C@@H](O)[C@H]1O. The number of aromatic nitrogens is 4. The van der Waals surface area contributed by atoms with Crippen molar-refractivity contribution in [2.45, 2.75) is 30.6 Å². The van der Waals surface area contributed by atoms with E-state index in [-0.39, 0.29) is 17.0 Å². The Morgan fingerprint density at radius 3 is 2.76 bits per heavy atom. The molecule has 1 saturated heterocycles. The van der Waals surface area contributed by atoms with E-state index in [1.807, 2.05) is 0 Å². The normalized spacial score (nSPS) is 25.9. The molecular formula is C13H19N7O8S. The van der Waals surface area contributed by atoms with Crippen LogP contribution < -0.4 is 16.2 Å². The Kier molecular flexibility index (Phi) is 5.94. The first-order chi connectivity index (χ1) is 13.6. The number of anilines is 1. The van der Waals surface area contributed by atoms with Crippen molar-refractivity contribution in [1.82, 2.24) is 24.2 Å². The molecule has 2 aromatic heterocycles. The summed E-state index contributed by atoms with van der Waals surface area (Å²) in [6, 6.07) is -1.46. The van der Waals surface area contributed by atoms with Crippen LogP contribution in [0.4, 0.5) is 5.82 Å². The number of nitrogen functional groups attached to an aromatic ring is 1. The van der Waals surface area contributed by atoms with Gasteiger partial charge in [0.15, 0.2) is 17.7 Å². The van der Waals surface area contributed by atoms with Crippen LogP contribution in [0, 0.1) is 0 Å². The van der Waals surface area contributed by atoms with Crippen LogP contribution in [0.5, 0.6) is 0 Å². The van der Waals surface area contributed by atoms with E-state index in [2.05, 4.69) is 19.1 Å². The number of ether oxygens (including phenoxy) is 1. The van der Waals surface area contributed by atoms with E-state index in [0.29, 0.717) is 0 Å². The number of aliphatic hydroxyl groups is 3. The maximum Gasteiger partial charge on any atom is 0.362 e. The van der Waals surface area contributed by atoms with Gasteiger partial charge < -0.3 is 31.5 Å². The molecule has 1 fully saturated rings. The second kappa shape index (κ2) is 8.11. The van der Waals surface area contributed by atoms with Gasteiger partial charge in [-0.2, -0.15) is 8.42 Å². The fourth-order valence-corrected chi connectivity index (χ4v) is 3.39. The number of imidazole rings is 1. The topological polar surface area (TPSA) is 238 Å². The fraction of sp³-hybridized carbons (Fsp3) is 0.538. The smallest absolute Gasteiger partial charge is 0.362 e. The maximum atomic E-state index is 11.8. The molecule has 5 atom stereocenters. The van der Waals surface area contributed by atoms with E-state index >= 15 is 0 Å². The summed E-state index contributed by atoms with van der Waals surface area (Å²) >= 11 is 0. The van der Waals surface area contributed by atoms with Crippen molar-refractivity contribution in [2.24, 2.45) is 5.73 Å². The molecule has 15 nitrogen and oxygen atoms in total. The van der Waals surface area contributed by atoms with Gasteiger partial charge in [-0.15, -0.1) is 0 Å². The molecule has 3 heterocycles. The zero-order valence-corrected chi connectivity index (χ0v) is 15.5. The number of nitrogens with zero attached hydrogens (tertiary/aromatic N) is 4. The van der Waals surface area contributed by atoms with Crippen LogP contribution in [0.25, 0.3) is 11.2 Å². The van der Waals surface area contributed by atoms with E-state index in [1.165, 1.54) is 21.9 Å². The Bertz CT molecular complexity index is 998. The van der Waals surface area contributed by atoms with Crippen molar-refractivity contribution >= 4 is 33.2 Å². The van der Waals surface area contributed by atoms with Gasteiger partial charge in [-0.25, -0.2) is 19.7 Å². The van der Waals surface area contributed by atoms with E-state index < -0.39 is 60.0 Å². The highest BCUT2D eigenvalue weighted by Gasteiger charge is 2.45. The number of aliphatic hydroxyl groups excluding tert-OH is 3. The van der Waals surface area contributed by atoms with Crippen molar-refractivity contribution in [1.29, 1.82) is 0 Å². The van der Waals surface area contributed by atoms with Crippen molar-refractivity contribution in [3.63, 3.8) is 0 Å². The summed E-state index contributed by atoms with van der Waals surface area (Å²) in [7, 11) is -4.60. The third-order valence-corrected chi connectivity index (χ3v) is 5.04. The summed E-state index contributed by atoms with van der Waals surface area (Å²) in [6.07, 6.45) is -2.99. The molecule has 0 aliphatic carbocycles. The van der Waals surface area contributed by atoms with Crippen LogP contribution in [0.1, 0.15) is 6.23 Å². The Labute approximate surface area is 163 Å². The molecule has 29 heavy (non-hydrogen) atoms. The van der Waals surface area contributed by atoms with Crippen molar-refractivity contribution < 1.29 is 37.5 Å². The molecule has 2 aromatic rings. The van der Waals surface area contributed by atoms with Crippen LogP contribution in [-0.4, -0.2) is 86.7 Å². The first kappa shape index (κ1) is 21.2. The molecule has 16 heteroatoms. The molecule has 1 unspecified atom stereocenters. The minimum absolute atomic E-state index is 0.101. The number of nitrogens with two attached hydrogens (primary N) is 2. The fourth-order valence-electron chi connectivity index (χ4n) is 2.62. The van der Waals surface area contributed by atoms with E-state index in [0.717, 1.165) is 0 Å². The second-order valence-corrected chi connectivity index (χ2v) is 7.47. The molecule has 1 aliphatic heterocycles. The zero-order valence-electron chi connectivity index (χ0n) is 14.7. The third-order valence-electron chi connectivity index (χ3n) is 4.14. The van der Waals surface area contributed by atoms with Crippen LogP contribution in [0.15, 0.2) is 12.7 Å². The predicted octanol–water partition coefficient (Wildman–Crippen LogP) is -4.28. The largest absolute Gasteiger partial charge is 0.394 e. The molecular weight excluding hydrogens is 414 g/mol.